The lowest BCUT2D eigenvalue weighted by Crippen LogP contribution is -1.98. The summed E-state index contributed by atoms with van der Waals surface area (Å²) in [5.74, 6) is -0.311. The largest absolute Gasteiger partial charge is 0.261 e. The zero-order chi connectivity index (χ0) is 17.4. The van der Waals surface area contributed by atoms with E-state index in [0.29, 0.717) is 0 Å². The maximum Gasteiger partial charge on any atom is 0.142 e. The molecule has 0 amide bonds. The topological polar surface area (TPSA) is 25.2 Å². The van der Waals surface area contributed by atoms with Gasteiger partial charge in [0.2, 0.25) is 0 Å². The van der Waals surface area contributed by atoms with E-state index in [9.17, 15) is 4.39 Å². The number of benzene rings is 1. The van der Waals surface area contributed by atoms with E-state index in [1.165, 1.54) is 43.7 Å². The van der Waals surface area contributed by atoms with Crippen molar-refractivity contribution < 1.29 is 4.39 Å². The average Bonchev–Trinajstić information content (AvgIpc) is 2.58. The molecule has 0 aliphatic heterocycles. The summed E-state index contributed by atoms with van der Waals surface area (Å²) in [6.45, 7) is 6.49. The van der Waals surface area contributed by atoms with Gasteiger partial charge in [0.05, 0.1) is 11.9 Å². The quantitative estimate of drug-likeness (QED) is 0.498. The van der Waals surface area contributed by atoms with Gasteiger partial charge in [-0.1, -0.05) is 32.8 Å². The highest BCUT2D eigenvalue weighted by Crippen LogP contribution is 2.27. The second kappa shape index (κ2) is 9.31. The molecule has 0 unspecified atom stereocenters. The van der Waals surface area contributed by atoms with Crippen LogP contribution in [0.2, 0.25) is 0 Å². The van der Waals surface area contributed by atoms with E-state index in [2.05, 4.69) is 31.8 Å². The Morgan fingerprint density at radius 1 is 1.00 bits per heavy atom. The van der Waals surface area contributed by atoms with Crippen LogP contribution in [0.3, 0.4) is 0 Å². The smallest absolute Gasteiger partial charge is 0.142 e. The minimum Gasteiger partial charge on any atom is -0.261 e. The molecule has 3 heteroatoms. The van der Waals surface area contributed by atoms with E-state index in [-0.39, 0.29) is 5.82 Å². The molecule has 0 aliphatic carbocycles. The Morgan fingerprint density at radius 2 is 1.71 bits per heavy atom. The number of pyridine rings is 1. The summed E-state index contributed by atoms with van der Waals surface area (Å²) in [5.41, 5.74) is 5.20. The van der Waals surface area contributed by atoms with Crippen molar-refractivity contribution in [3.05, 3.63) is 48.0 Å². The summed E-state index contributed by atoms with van der Waals surface area (Å²) >= 11 is 0. The minimum absolute atomic E-state index is 0.311. The standard InChI is InChI=1S/C21H27FN2/c1-4-6-8-20(9-7-5-2)24-21-11-10-17(12-16(21)3)18-13-19(22)15-23-14-18/h10-15H,4-9H2,1-3H3. The summed E-state index contributed by atoms with van der Waals surface area (Å²) in [7, 11) is 0. The average molecular weight is 326 g/mol. The minimum atomic E-state index is -0.311. The lowest BCUT2D eigenvalue weighted by Gasteiger charge is -2.09. The first-order valence-corrected chi connectivity index (χ1v) is 8.92. The Morgan fingerprint density at radius 3 is 2.29 bits per heavy atom. The lowest BCUT2D eigenvalue weighted by molar-refractivity contribution is 0.622. The van der Waals surface area contributed by atoms with Crippen LogP contribution in [0.15, 0.2) is 41.7 Å². The van der Waals surface area contributed by atoms with Gasteiger partial charge in [-0.2, -0.15) is 0 Å². The van der Waals surface area contributed by atoms with E-state index < -0.39 is 0 Å². The predicted octanol–water partition coefficient (Wildman–Crippen LogP) is 6.65. The van der Waals surface area contributed by atoms with Gasteiger partial charge in [0.25, 0.3) is 0 Å². The molecule has 0 N–H and O–H groups in total. The molecule has 2 nitrogen and oxygen atoms in total. The first-order valence-electron chi connectivity index (χ1n) is 8.92. The fourth-order valence-corrected chi connectivity index (χ4v) is 2.70. The van der Waals surface area contributed by atoms with Crippen molar-refractivity contribution in [2.24, 2.45) is 4.99 Å². The van der Waals surface area contributed by atoms with Crippen LogP contribution in [-0.4, -0.2) is 10.7 Å². The zero-order valence-corrected chi connectivity index (χ0v) is 15.0. The van der Waals surface area contributed by atoms with E-state index in [0.717, 1.165) is 35.2 Å². The van der Waals surface area contributed by atoms with E-state index >= 15 is 0 Å². The molecule has 2 rings (SSSR count). The summed E-state index contributed by atoms with van der Waals surface area (Å²) in [6, 6.07) is 7.61. The summed E-state index contributed by atoms with van der Waals surface area (Å²) < 4.78 is 13.4. The Labute approximate surface area is 144 Å². The molecule has 24 heavy (non-hydrogen) atoms. The number of aliphatic imine (C=N–C) groups is 1. The van der Waals surface area contributed by atoms with Crippen molar-refractivity contribution in [2.45, 2.75) is 59.3 Å². The number of nitrogens with zero attached hydrogens (tertiary/aromatic N) is 2. The van der Waals surface area contributed by atoms with Crippen LogP contribution >= 0.6 is 0 Å². The summed E-state index contributed by atoms with van der Waals surface area (Å²) in [4.78, 5) is 8.84. The fraction of sp³-hybridized carbons (Fsp3) is 0.429. The van der Waals surface area contributed by atoms with Gasteiger partial charge in [-0.05, 0) is 61.9 Å². The SMILES string of the molecule is CCCCC(CCCC)=Nc1ccc(-c2cncc(F)c2)cc1C. The number of hydrogen-bond acceptors (Lipinski definition) is 2. The van der Waals surface area contributed by atoms with Crippen molar-refractivity contribution in [1.82, 2.24) is 4.98 Å². The van der Waals surface area contributed by atoms with Gasteiger partial charge < -0.3 is 0 Å². The molecule has 0 atom stereocenters. The van der Waals surface area contributed by atoms with E-state index in [1.54, 1.807) is 6.20 Å². The van der Waals surface area contributed by atoms with Gasteiger partial charge in [-0.3, -0.25) is 9.98 Å². The number of unbranched alkanes of at least 4 members (excludes halogenated alkanes) is 2. The van der Waals surface area contributed by atoms with Crippen LogP contribution < -0.4 is 0 Å². The van der Waals surface area contributed by atoms with Crippen molar-refractivity contribution >= 4 is 11.4 Å². The van der Waals surface area contributed by atoms with Gasteiger partial charge in [-0.25, -0.2) is 4.39 Å². The van der Waals surface area contributed by atoms with Crippen LogP contribution in [-0.2, 0) is 0 Å². The third-order valence-corrected chi connectivity index (χ3v) is 4.15. The van der Waals surface area contributed by atoms with Gasteiger partial charge in [0.15, 0.2) is 0 Å². The van der Waals surface area contributed by atoms with Crippen molar-refractivity contribution in [3.63, 3.8) is 0 Å². The molecule has 0 aliphatic rings. The molecule has 1 heterocycles. The van der Waals surface area contributed by atoms with E-state index in [1.807, 2.05) is 12.1 Å². The highest BCUT2D eigenvalue weighted by atomic mass is 19.1. The molecule has 1 aromatic carbocycles. The first kappa shape index (κ1) is 18.3. The van der Waals surface area contributed by atoms with Crippen LogP contribution in [0.1, 0.15) is 57.9 Å². The van der Waals surface area contributed by atoms with Gasteiger partial charge in [0.1, 0.15) is 5.82 Å². The maximum atomic E-state index is 13.4. The van der Waals surface area contributed by atoms with Crippen LogP contribution in [0, 0.1) is 12.7 Å². The fourth-order valence-electron chi connectivity index (χ4n) is 2.70. The third-order valence-electron chi connectivity index (χ3n) is 4.15. The zero-order valence-electron chi connectivity index (χ0n) is 15.0. The molecular formula is C21H27FN2. The highest BCUT2D eigenvalue weighted by Gasteiger charge is 2.05. The van der Waals surface area contributed by atoms with Crippen LogP contribution in [0.25, 0.3) is 11.1 Å². The predicted molar refractivity (Wildman–Crippen MR) is 101 cm³/mol. The molecule has 0 spiro atoms. The monoisotopic (exact) mass is 326 g/mol. The van der Waals surface area contributed by atoms with Gasteiger partial charge >= 0.3 is 0 Å². The molecular weight excluding hydrogens is 299 g/mol. The molecule has 0 saturated carbocycles. The van der Waals surface area contributed by atoms with Crippen molar-refractivity contribution in [1.29, 1.82) is 0 Å². The number of rotatable bonds is 8. The molecule has 0 bridgehead atoms. The second-order valence-electron chi connectivity index (χ2n) is 6.28. The van der Waals surface area contributed by atoms with E-state index in [4.69, 9.17) is 4.99 Å². The highest BCUT2D eigenvalue weighted by molar-refractivity contribution is 5.87. The number of aromatic nitrogens is 1. The number of aryl methyl sites for hydroxylation is 1. The molecule has 1 aromatic heterocycles. The first-order chi connectivity index (χ1) is 11.6. The number of halogens is 1. The molecule has 2 aromatic rings. The molecule has 0 saturated heterocycles. The van der Waals surface area contributed by atoms with Crippen LogP contribution in [0.4, 0.5) is 10.1 Å². The lowest BCUT2D eigenvalue weighted by atomic mass is 10.0. The maximum absolute atomic E-state index is 13.4. The molecule has 128 valence electrons. The van der Waals surface area contributed by atoms with Crippen molar-refractivity contribution in [3.8, 4) is 11.1 Å². The molecule has 0 fully saturated rings. The van der Waals surface area contributed by atoms with Gasteiger partial charge in [0, 0.05) is 17.5 Å². The third kappa shape index (κ3) is 5.26. The number of hydrogen-bond donors (Lipinski definition) is 0. The van der Waals surface area contributed by atoms with Gasteiger partial charge in [-0.15, -0.1) is 0 Å². The normalized spacial score (nSPS) is 10.7. The Hall–Kier alpha value is -2.03. The molecule has 0 radical (unpaired) electrons. The summed E-state index contributed by atoms with van der Waals surface area (Å²) in [6.07, 6.45) is 9.82. The van der Waals surface area contributed by atoms with Crippen LogP contribution in [0.5, 0.6) is 0 Å². The Balaban J connectivity index is 2.25. The van der Waals surface area contributed by atoms with Crippen molar-refractivity contribution in [2.75, 3.05) is 0 Å². The summed E-state index contributed by atoms with van der Waals surface area (Å²) in [5, 5.41) is 0. The Kier molecular flexibility index (Phi) is 7.10. The Bertz CT molecular complexity index is 682. The second-order valence-corrected chi connectivity index (χ2v) is 6.28.